The molecule has 2 amide bonds. The molecule has 1 saturated heterocycles. The Morgan fingerprint density at radius 3 is 2.18 bits per heavy atom. The molecule has 1 fully saturated rings. The van der Waals surface area contributed by atoms with Crippen molar-refractivity contribution >= 4 is 33.3 Å². The van der Waals surface area contributed by atoms with Crippen molar-refractivity contribution in [1.82, 2.24) is 9.80 Å². The van der Waals surface area contributed by atoms with Gasteiger partial charge in [-0.2, -0.15) is 0 Å². The summed E-state index contributed by atoms with van der Waals surface area (Å²) in [7, 11) is -3.60. The van der Waals surface area contributed by atoms with E-state index < -0.39 is 15.7 Å². The zero-order valence-electron chi connectivity index (χ0n) is 17.4. The van der Waals surface area contributed by atoms with Crippen molar-refractivity contribution in [2.45, 2.75) is 10.6 Å². The maximum Gasteiger partial charge on any atom is 0.289 e. The lowest BCUT2D eigenvalue weighted by atomic mass is 10.1. The van der Waals surface area contributed by atoms with Gasteiger partial charge >= 0.3 is 0 Å². The molecule has 1 aromatic heterocycles. The lowest BCUT2D eigenvalue weighted by Crippen LogP contribution is -2.50. The molecule has 4 rings (SSSR count). The number of halogens is 2. The fourth-order valence-corrected chi connectivity index (χ4v) is 5.09. The van der Waals surface area contributed by atoms with Gasteiger partial charge in [0.05, 0.1) is 15.5 Å². The highest BCUT2D eigenvalue weighted by Gasteiger charge is 2.28. The van der Waals surface area contributed by atoms with Crippen molar-refractivity contribution in [3.05, 3.63) is 88.6 Å². The lowest BCUT2D eigenvalue weighted by molar-refractivity contribution is 0.0517. The number of sulfone groups is 1. The van der Waals surface area contributed by atoms with Gasteiger partial charge in [-0.3, -0.25) is 9.59 Å². The van der Waals surface area contributed by atoms with Crippen LogP contribution in [0, 0.1) is 5.82 Å². The summed E-state index contributed by atoms with van der Waals surface area (Å²) < 4.78 is 43.8. The molecule has 33 heavy (non-hydrogen) atoms. The molecule has 0 bridgehead atoms. The molecule has 1 aliphatic heterocycles. The highest BCUT2D eigenvalue weighted by Crippen LogP contribution is 2.22. The quantitative estimate of drug-likeness (QED) is 0.545. The van der Waals surface area contributed by atoms with Gasteiger partial charge in [-0.05, 0) is 42.5 Å². The summed E-state index contributed by atoms with van der Waals surface area (Å²) in [5.41, 5.74) is 0.202. The van der Waals surface area contributed by atoms with E-state index in [9.17, 15) is 22.4 Å². The zero-order chi connectivity index (χ0) is 23.6. The van der Waals surface area contributed by atoms with Crippen LogP contribution in [0.2, 0.25) is 5.02 Å². The molecule has 0 aliphatic carbocycles. The summed E-state index contributed by atoms with van der Waals surface area (Å²) in [5.74, 6) is -1.40. The van der Waals surface area contributed by atoms with E-state index in [4.69, 9.17) is 16.0 Å². The summed E-state index contributed by atoms with van der Waals surface area (Å²) >= 11 is 5.98. The predicted molar refractivity (Wildman–Crippen MR) is 119 cm³/mol. The van der Waals surface area contributed by atoms with Gasteiger partial charge in [0.1, 0.15) is 17.3 Å². The Morgan fingerprint density at radius 1 is 0.909 bits per heavy atom. The number of carbonyl (C=O) groups excluding carboxylic acids is 2. The average Bonchev–Trinajstić information content (AvgIpc) is 3.26. The van der Waals surface area contributed by atoms with Gasteiger partial charge in [0.15, 0.2) is 15.6 Å². The van der Waals surface area contributed by atoms with Gasteiger partial charge in [0.2, 0.25) is 0 Å². The van der Waals surface area contributed by atoms with E-state index in [1.807, 2.05) is 0 Å². The number of hydrogen-bond acceptors (Lipinski definition) is 5. The van der Waals surface area contributed by atoms with Crippen molar-refractivity contribution in [2.24, 2.45) is 0 Å². The average molecular weight is 491 g/mol. The molecule has 2 aromatic carbocycles. The first-order chi connectivity index (χ1) is 15.7. The molecular weight excluding hydrogens is 471 g/mol. The Hall–Kier alpha value is -3.17. The summed E-state index contributed by atoms with van der Waals surface area (Å²) in [6.45, 7) is 1.08. The third-order valence-corrected chi connectivity index (χ3v) is 7.29. The molecule has 7 nitrogen and oxygen atoms in total. The number of hydrogen-bond donors (Lipinski definition) is 0. The maximum atomic E-state index is 13.2. The number of piperazine rings is 1. The Morgan fingerprint density at radius 2 is 1.55 bits per heavy atom. The van der Waals surface area contributed by atoms with E-state index in [0.717, 1.165) is 6.07 Å². The zero-order valence-corrected chi connectivity index (χ0v) is 19.0. The van der Waals surface area contributed by atoms with Crippen LogP contribution in [0.1, 0.15) is 26.7 Å². The summed E-state index contributed by atoms with van der Waals surface area (Å²) in [5, 5.41) is 0.0343. The smallest absolute Gasteiger partial charge is 0.289 e. The maximum absolute atomic E-state index is 13.2. The molecule has 172 valence electrons. The summed E-state index contributed by atoms with van der Waals surface area (Å²) in [6, 6.07) is 14.5. The highest BCUT2D eigenvalue weighted by molar-refractivity contribution is 7.90. The van der Waals surface area contributed by atoms with Crippen LogP contribution in [0.5, 0.6) is 0 Å². The fourth-order valence-electron chi connectivity index (χ4n) is 3.57. The number of nitrogens with zero attached hydrogens (tertiary/aromatic N) is 2. The number of furan rings is 1. The van der Waals surface area contributed by atoms with Crippen LogP contribution >= 0.6 is 11.6 Å². The minimum Gasteiger partial charge on any atom is -0.455 e. The number of carbonyl (C=O) groups is 2. The van der Waals surface area contributed by atoms with Crippen molar-refractivity contribution in [2.75, 3.05) is 26.2 Å². The van der Waals surface area contributed by atoms with Crippen molar-refractivity contribution in [3.8, 4) is 0 Å². The number of rotatable bonds is 5. The molecule has 0 atom stereocenters. The summed E-state index contributed by atoms with van der Waals surface area (Å²) in [4.78, 5) is 28.7. The minimum absolute atomic E-state index is 0.0343. The monoisotopic (exact) mass is 490 g/mol. The Kier molecular flexibility index (Phi) is 6.53. The van der Waals surface area contributed by atoms with E-state index in [-0.39, 0.29) is 70.7 Å². The first-order valence-electron chi connectivity index (χ1n) is 10.1. The van der Waals surface area contributed by atoms with E-state index in [1.165, 1.54) is 41.3 Å². The van der Waals surface area contributed by atoms with Crippen LogP contribution in [0.4, 0.5) is 4.39 Å². The normalized spacial score (nSPS) is 14.4. The Labute approximate surface area is 195 Å². The van der Waals surface area contributed by atoms with Crippen LogP contribution in [-0.4, -0.2) is 56.2 Å². The van der Waals surface area contributed by atoms with Crippen molar-refractivity contribution in [1.29, 1.82) is 0 Å². The van der Waals surface area contributed by atoms with Gasteiger partial charge in [-0.1, -0.05) is 29.8 Å². The summed E-state index contributed by atoms with van der Waals surface area (Å²) in [6.07, 6.45) is 0. The fraction of sp³-hybridized carbons (Fsp3) is 0.217. The number of amides is 2. The van der Waals surface area contributed by atoms with Crippen molar-refractivity contribution in [3.63, 3.8) is 0 Å². The second kappa shape index (κ2) is 9.36. The third-order valence-electron chi connectivity index (χ3n) is 5.32. The second-order valence-electron chi connectivity index (χ2n) is 7.55. The lowest BCUT2D eigenvalue weighted by Gasteiger charge is -2.34. The van der Waals surface area contributed by atoms with Gasteiger partial charge in [0.25, 0.3) is 11.8 Å². The highest BCUT2D eigenvalue weighted by atomic mass is 35.5. The Balaban J connectivity index is 1.37. The largest absolute Gasteiger partial charge is 0.455 e. The molecule has 1 aliphatic rings. The molecule has 3 aromatic rings. The first-order valence-corrected chi connectivity index (χ1v) is 12.2. The van der Waals surface area contributed by atoms with Gasteiger partial charge in [-0.15, -0.1) is 0 Å². The first kappa shape index (κ1) is 23.0. The van der Waals surface area contributed by atoms with Crippen LogP contribution in [0.15, 0.2) is 70.0 Å². The second-order valence-corrected chi connectivity index (χ2v) is 9.94. The molecule has 2 heterocycles. The molecule has 10 heteroatoms. The molecule has 0 unspecified atom stereocenters. The Bertz CT molecular complexity index is 1290. The number of benzene rings is 2. The van der Waals surface area contributed by atoms with E-state index >= 15 is 0 Å². The van der Waals surface area contributed by atoms with Gasteiger partial charge < -0.3 is 14.2 Å². The van der Waals surface area contributed by atoms with Crippen LogP contribution in [0.3, 0.4) is 0 Å². The molecule has 0 saturated carbocycles. The minimum atomic E-state index is -3.60. The molecule has 0 radical (unpaired) electrons. The molecule has 0 N–H and O–H groups in total. The SMILES string of the molecule is O=C(c1ccc(CS(=O)(=O)c2ccccc2)o1)N1CCN(C(=O)c2ccc(F)cc2Cl)CC1. The standard InChI is InChI=1S/C23H20ClFN2O5S/c24-20-14-16(25)6-8-19(20)22(28)26-10-12-27(13-11-26)23(29)21-9-7-17(32-21)15-33(30,31)18-4-2-1-3-5-18/h1-9,14H,10-13,15H2. The topological polar surface area (TPSA) is 87.9 Å². The molecule has 0 spiro atoms. The third kappa shape index (κ3) is 5.09. The molecular formula is C23H20ClFN2O5S. The van der Waals surface area contributed by atoms with E-state index in [1.54, 1.807) is 23.1 Å². The van der Waals surface area contributed by atoms with E-state index in [0.29, 0.717) is 0 Å². The predicted octanol–water partition coefficient (Wildman–Crippen LogP) is 3.64. The van der Waals surface area contributed by atoms with Gasteiger partial charge in [-0.25, -0.2) is 12.8 Å². The van der Waals surface area contributed by atoms with Crippen molar-refractivity contribution < 1.29 is 26.8 Å². The van der Waals surface area contributed by atoms with Crippen LogP contribution in [0.25, 0.3) is 0 Å². The van der Waals surface area contributed by atoms with E-state index in [2.05, 4.69) is 0 Å². The van der Waals surface area contributed by atoms with Crippen LogP contribution < -0.4 is 0 Å². The van der Waals surface area contributed by atoms with Gasteiger partial charge in [0, 0.05) is 26.2 Å². The van der Waals surface area contributed by atoms with Crippen LogP contribution in [-0.2, 0) is 15.6 Å².